The SMILES string of the molecule is Cc1cc(C)n2cc(CSC3=Nc4ccccc4CS3)nc2n1. The second kappa shape index (κ2) is 6.02. The predicted octanol–water partition coefficient (Wildman–Crippen LogP) is 4.51. The Morgan fingerprint density at radius 2 is 2.09 bits per heavy atom. The average molecular weight is 340 g/mol. The second-order valence-electron chi connectivity index (χ2n) is 5.52. The molecule has 0 N–H and O–H groups in total. The summed E-state index contributed by atoms with van der Waals surface area (Å²) >= 11 is 3.55. The van der Waals surface area contributed by atoms with Crippen molar-refractivity contribution in [1.29, 1.82) is 0 Å². The molecule has 6 heteroatoms. The van der Waals surface area contributed by atoms with E-state index in [0.717, 1.165) is 44.4 Å². The zero-order valence-corrected chi connectivity index (χ0v) is 14.6. The second-order valence-corrected chi connectivity index (χ2v) is 7.71. The van der Waals surface area contributed by atoms with Crippen molar-refractivity contribution in [1.82, 2.24) is 14.4 Å². The molecule has 23 heavy (non-hydrogen) atoms. The van der Waals surface area contributed by atoms with Gasteiger partial charge in [-0.1, -0.05) is 41.7 Å². The summed E-state index contributed by atoms with van der Waals surface area (Å²) in [6.45, 7) is 4.08. The molecule has 0 aliphatic carbocycles. The molecule has 0 spiro atoms. The van der Waals surface area contributed by atoms with Gasteiger partial charge in [-0.05, 0) is 31.5 Å². The van der Waals surface area contributed by atoms with Crippen LogP contribution in [-0.2, 0) is 11.5 Å². The average Bonchev–Trinajstić information content (AvgIpc) is 2.96. The summed E-state index contributed by atoms with van der Waals surface area (Å²) in [7, 11) is 0. The number of hydrogen-bond acceptors (Lipinski definition) is 5. The third-order valence-electron chi connectivity index (χ3n) is 3.71. The molecule has 0 amide bonds. The third kappa shape index (κ3) is 3.01. The first-order valence-electron chi connectivity index (χ1n) is 7.43. The molecule has 0 saturated heterocycles. The van der Waals surface area contributed by atoms with Crippen molar-refractivity contribution in [3.8, 4) is 0 Å². The summed E-state index contributed by atoms with van der Waals surface area (Å²) < 4.78 is 3.16. The van der Waals surface area contributed by atoms with Gasteiger partial charge < -0.3 is 0 Å². The van der Waals surface area contributed by atoms with Crippen LogP contribution in [0.1, 0.15) is 22.6 Å². The van der Waals surface area contributed by atoms with Crippen LogP contribution >= 0.6 is 23.5 Å². The number of thioether (sulfide) groups is 2. The zero-order chi connectivity index (χ0) is 15.8. The molecule has 0 unspecified atom stereocenters. The van der Waals surface area contributed by atoms with E-state index < -0.39 is 0 Å². The van der Waals surface area contributed by atoms with Gasteiger partial charge in [0.05, 0.1) is 11.4 Å². The number of nitrogens with zero attached hydrogens (tertiary/aromatic N) is 4. The lowest BCUT2D eigenvalue weighted by molar-refractivity contribution is 1.01. The molecule has 0 fully saturated rings. The molecule has 2 aromatic heterocycles. The van der Waals surface area contributed by atoms with Crippen LogP contribution in [0, 0.1) is 13.8 Å². The molecule has 0 radical (unpaired) electrons. The molecule has 3 heterocycles. The Hall–Kier alpha value is -1.79. The van der Waals surface area contributed by atoms with E-state index in [1.165, 1.54) is 5.56 Å². The highest BCUT2D eigenvalue weighted by Gasteiger charge is 2.13. The Kier molecular flexibility index (Phi) is 3.87. The van der Waals surface area contributed by atoms with Crippen LogP contribution in [0.5, 0.6) is 0 Å². The maximum absolute atomic E-state index is 4.74. The minimum Gasteiger partial charge on any atom is -0.288 e. The summed E-state index contributed by atoms with van der Waals surface area (Å²) in [5, 5.41) is 0. The van der Waals surface area contributed by atoms with Crippen molar-refractivity contribution in [3.63, 3.8) is 0 Å². The van der Waals surface area contributed by atoms with Gasteiger partial charge in [0.25, 0.3) is 0 Å². The molecule has 0 atom stereocenters. The highest BCUT2D eigenvalue weighted by molar-refractivity contribution is 8.38. The number of aliphatic imine (C=N–C) groups is 1. The maximum atomic E-state index is 4.74. The number of aromatic nitrogens is 3. The monoisotopic (exact) mass is 340 g/mol. The van der Waals surface area contributed by atoms with Gasteiger partial charge in [0, 0.05) is 29.1 Å². The van der Waals surface area contributed by atoms with Crippen LogP contribution in [0.3, 0.4) is 0 Å². The molecule has 1 aliphatic rings. The van der Waals surface area contributed by atoms with Crippen LogP contribution < -0.4 is 0 Å². The van der Waals surface area contributed by atoms with Gasteiger partial charge >= 0.3 is 0 Å². The maximum Gasteiger partial charge on any atom is 0.234 e. The Morgan fingerprint density at radius 3 is 3.00 bits per heavy atom. The first-order valence-corrected chi connectivity index (χ1v) is 9.40. The fraction of sp³-hybridized carbons (Fsp3) is 0.235. The number of para-hydroxylation sites is 1. The number of aryl methyl sites for hydroxylation is 2. The highest BCUT2D eigenvalue weighted by Crippen LogP contribution is 2.35. The normalized spacial score (nSPS) is 13.9. The van der Waals surface area contributed by atoms with E-state index in [1.807, 2.05) is 17.4 Å². The minimum atomic E-state index is 0.779. The first-order chi connectivity index (χ1) is 11.2. The van der Waals surface area contributed by atoms with Gasteiger partial charge in [-0.15, -0.1) is 0 Å². The Morgan fingerprint density at radius 1 is 1.22 bits per heavy atom. The number of benzene rings is 1. The van der Waals surface area contributed by atoms with E-state index in [-0.39, 0.29) is 0 Å². The van der Waals surface area contributed by atoms with Crippen molar-refractivity contribution < 1.29 is 0 Å². The molecule has 4 nitrogen and oxygen atoms in total. The van der Waals surface area contributed by atoms with Crippen LogP contribution in [0.4, 0.5) is 5.69 Å². The molecule has 1 aliphatic heterocycles. The summed E-state index contributed by atoms with van der Waals surface area (Å²) in [6.07, 6.45) is 2.08. The predicted molar refractivity (Wildman–Crippen MR) is 98.6 cm³/mol. The van der Waals surface area contributed by atoms with E-state index in [0.29, 0.717) is 0 Å². The van der Waals surface area contributed by atoms with E-state index in [9.17, 15) is 0 Å². The van der Waals surface area contributed by atoms with Gasteiger partial charge in [-0.2, -0.15) is 0 Å². The molecule has 0 bridgehead atoms. The Balaban J connectivity index is 1.54. The number of fused-ring (bicyclic) bond motifs is 2. The van der Waals surface area contributed by atoms with Crippen LogP contribution in [0.2, 0.25) is 0 Å². The fourth-order valence-electron chi connectivity index (χ4n) is 2.61. The van der Waals surface area contributed by atoms with Crippen LogP contribution in [0.15, 0.2) is 41.5 Å². The summed E-state index contributed by atoms with van der Waals surface area (Å²) in [6, 6.07) is 10.4. The largest absolute Gasteiger partial charge is 0.288 e. The van der Waals surface area contributed by atoms with Gasteiger partial charge in [0.15, 0.2) is 0 Å². The zero-order valence-electron chi connectivity index (χ0n) is 13.0. The van der Waals surface area contributed by atoms with Gasteiger partial charge in [0.2, 0.25) is 5.78 Å². The molecule has 116 valence electrons. The highest BCUT2D eigenvalue weighted by atomic mass is 32.2. The molecular weight excluding hydrogens is 324 g/mol. The van der Waals surface area contributed by atoms with E-state index in [1.54, 1.807) is 23.5 Å². The smallest absolute Gasteiger partial charge is 0.234 e. The summed E-state index contributed by atoms with van der Waals surface area (Å²) in [5.41, 5.74) is 5.61. The van der Waals surface area contributed by atoms with Crippen molar-refractivity contribution in [2.45, 2.75) is 25.4 Å². The summed E-state index contributed by atoms with van der Waals surface area (Å²) in [5.74, 6) is 2.59. The number of imidazole rings is 1. The number of hydrogen-bond donors (Lipinski definition) is 0. The molecular formula is C17H16N4S2. The lowest BCUT2D eigenvalue weighted by atomic mass is 10.2. The first kappa shape index (κ1) is 14.8. The molecule has 4 rings (SSSR count). The van der Waals surface area contributed by atoms with Crippen molar-refractivity contribution in [3.05, 3.63) is 59.2 Å². The topological polar surface area (TPSA) is 42.5 Å². The Bertz CT molecular complexity index is 914. The quantitative estimate of drug-likeness (QED) is 0.688. The lowest BCUT2D eigenvalue weighted by Gasteiger charge is -2.13. The molecule has 3 aromatic rings. The minimum absolute atomic E-state index is 0.779. The van der Waals surface area contributed by atoms with Gasteiger partial charge in [-0.3, -0.25) is 4.40 Å². The van der Waals surface area contributed by atoms with Gasteiger partial charge in [-0.25, -0.2) is 15.0 Å². The van der Waals surface area contributed by atoms with E-state index in [2.05, 4.69) is 47.4 Å². The van der Waals surface area contributed by atoms with Crippen LogP contribution in [-0.4, -0.2) is 18.7 Å². The fourth-order valence-corrected chi connectivity index (χ4v) is 4.56. The van der Waals surface area contributed by atoms with Crippen molar-refractivity contribution in [2.75, 3.05) is 0 Å². The summed E-state index contributed by atoms with van der Waals surface area (Å²) in [4.78, 5) is 13.9. The van der Waals surface area contributed by atoms with E-state index >= 15 is 0 Å². The third-order valence-corrected chi connectivity index (χ3v) is 5.99. The number of rotatable bonds is 2. The Labute approximate surface area is 143 Å². The van der Waals surface area contributed by atoms with Crippen molar-refractivity contribution in [2.24, 2.45) is 4.99 Å². The van der Waals surface area contributed by atoms with Gasteiger partial charge in [0.1, 0.15) is 4.38 Å². The van der Waals surface area contributed by atoms with E-state index in [4.69, 9.17) is 4.99 Å². The molecule has 0 saturated carbocycles. The molecule has 1 aromatic carbocycles. The standard InChI is InChI=1S/C17H16N4S2/c1-11-7-12(2)21-8-14(19-16(21)18-11)10-23-17-20-15-6-4-3-5-13(15)9-22-17/h3-8H,9-10H2,1-2H3. The van der Waals surface area contributed by atoms with Crippen molar-refractivity contribution >= 4 is 39.4 Å². The van der Waals surface area contributed by atoms with Crippen LogP contribution in [0.25, 0.3) is 5.78 Å². The lowest BCUT2D eigenvalue weighted by Crippen LogP contribution is -1.96.